The Morgan fingerprint density at radius 2 is 2.42 bits per heavy atom. The molecule has 1 aromatic rings. The summed E-state index contributed by atoms with van der Waals surface area (Å²) in [5.41, 5.74) is 0. The first-order chi connectivity index (χ1) is 5.90. The molecular formula is C8H12ClN3. The molecule has 3 nitrogen and oxygen atoms in total. The molecule has 0 unspecified atom stereocenters. The Labute approximate surface area is 76.7 Å². The maximum absolute atomic E-state index is 5.69. The Balaban J connectivity index is 2.00. The van der Waals surface area contributed by atoms with Gasteiger partial charge in [0.15, 0.2) is 0 Å². The normalized spacial score (nSPS) is 17.8. The third-order valence-electron chi connectivity index (χ3n) is 2.47. The van der Waals surface area contributed by atoms with E-state index in [2.05, 4.69) is 10.1 Å². The first kappa shape index (κ1) is 8.05. The molecule has 1 aliphatic rings. The number of hydrogen-bond acceptors (Lipinski definition) is 2. The molecule has 0 atom stereocenters. The second-order valence-electron chi connectivity index (χ2n) is 3.29. The van der Waals surface area contributed by atoms with Crippen molar-refractivity contribution in [2.24, 2.45) is 5.92 Å². The van der Waals surface area contributed by atoms with Crippen LogP contribution in [0.2, 0.25) is 0 Å². The fraction of sp³-hybridized carbons (Fsp3) is 0.750. The summed E-state index contributed by atoms with van der Waals surface area (Å²) in [5, 5.41) is 4.13. The molecule has 66 valence electrons. The highest BCUT2D eigenvalue weighted by Crippen LogP contribution is 2.27. The van der Waals surface area contributed by atoms with Crippen molar-refractivity contribution in [2.45, 2.75) is 31.7 Å². The summed E-state index contributed by atoms with van der Waals surface area (Å²) < 4.78 is 1.93. The summed E-state index contributed by atoms with van der Waals surface area (Å²) in [6.45, 7) is 1.00. The van der Waals surface area contributed by atoms with Crippen LogP contribution in [0.5, 0.6) is 0 Å². The standard InChI is InChI=1S/C8H12ClN3/c9-4-8-10-6-11-12(8)5-7-2-1-3-7/h6-7H,1-5H2. The summed E-state index contributed by atoms with van der Waals surface area (Å²) in [5.74, 6) is 2.17. The summed E-state index contributed by atoms with van der Waals surface area (Å²) in [4.78, 5) is 4.07. The second kappa shape index (κ2) is 3.44. The minimum absolute atomic E-state index is 0.465. The Kier molecular flexibility index (Phi) is 2.30. The van der Waals surface area contributed by atoms with E-state index in [0.29, 0.717) is 5.88 Å². The first-order valence-corrected chi connectivity index (χ1v) is 4.86. The molecule has 1 heterocycles. The van der Waals surface area contributed by atoms with Gasteiger partial charge in [0, 0.05) is 6.54 Å². The minimum Gasteiger partial charge on any atom is -0.249 e. The molecule has 0 aromatic carbocycles. The lowest BCUT2D eigenvalue weighted by Gasteiger charge is -2.25. The summed E-state index contributed by atoms with van der Waals surface area (Å²) >= 11 is 5.69. The van der Waals surface area contributed by atoms with Gasteiger partial charge in [0.05, 0.1) is 5.88 Å². The van der Waals surface area contributed by atoms with E-state index in [9.17, 15) is 0 Å². The van der Waals surface area contributed by atoms with Gasteiger partial charge in [-0.15, -0.1) is 11.6 Å². The van der Waals surface area contributed by atoms with E-state index in [-0.39, 0.29) is 0 Å². The van der Waals surface area contributed by atoms with Crippen LogP contribution in [-0.2, 0) is 12.4 Å². The van der Waals surface area contributed by atoms with Gasteiger partial charge >= 0.3 is 0 Å². The van der Waals surface area contributed by atoms with Crippen LogP contribution >= 0.6 is 11.6 Å². The van der Waals surface area contributed by atoms with Gasteiger partial charge in [0.1, 0.15) is 12.2 Å². The van der Waals surface area contributed by atoms with Gasteiger partial charge in [-0.1, -0.05) is 6.42 Å². The molecule has 0 radical (unpaired) electrons. The Bertz CT molecular complexity index is 255. The van der Waals surface area contributed by atoms with Gasteiger partial charge < -0.3 is 0 Å². The summed E-state index contributed by atoms with van der Waals surface area (Å²) in [7, 11) is 0. The van der Waals surface area contributed by atoms with Gasteiger partial charge in [-0.25, -0.2) is 9.67 Å². The molecule has 12 heavy (non-hydrogen) atoms. The van der Waals surface area contributed by atoms with E-state index in [4.69, 9.17) is 11.6 Å². The molecule has 0 saturated heterocycles. The maximum atomic E-state index is 5.69. The fourth-order valence-electron chi connectivity index (χ4n) is 1.46. The molecule has 0 aliphatic heterocycles. The molecule has 4 heteroatoms. The summed E-state index contributed by atoms with van der Waals surface area (Å²) in [6, 6.07) is 0. The smallest absolute Gasteiger partial charge is 0.141 e. The lowest BCUT2D eigenvalue weighted by atomic mass is 9.85. The van der Waals surface area contributed by atoms with Crippen molar-refractivity contribution in [3.05, 3.63) is 12.2 Å². The zero-order valence-corrected chi connectivity index (χ0v) is 7.67. The predicted molar refractivity (Wildman–Crippen MR) is 46.9 cm³/mol. The maximum Gasteiger partial charge on any atom is 0.141 e. The quantitative estimate of drug-likeness (QED) is 0.673. The minimum atomic E-state index is 0.465. The van der Waals surface area contributed by atoms with Crippen LogP contribution in [0.3, 0.4) is 0 Å². The highest BCUT2D eigenvalue weighted by molar-refractivity contribution is 6.16. The SMILES string of the molecule is ClCc1ncnn1CC1CCC1. The average Bonchev–Trinajstić information content (AvgIpc) is 2.43. The number of rotatable bonds is 3. The predicted octanol–water partition coefficient (Wildman–Crippen LogP) is 1.82. The molecule has 0 N–H and O–H groups in total. The number of alkyl halides is 1. The fourth-order valence-corrected chi connectivity index (χ4v) is 1.67. The highest BCUT2D eigenvalue weighted by Gasteiger charge is 2.19. The highest BCUT2D eigenvalue weighted by atomic mass is 35.5. The van der Waals surface area contributed by atoms with E-state index in [1.54, 1.807) is 6.33 Å². The number of nitrogens with zero attached hydrogens (tertiary/aromatic N) is 3. The van der Waals surface area contributed by atoms with Crippen LogP contribution in [0, 0.1) is 5.92 Å². The van der Waals surface area contributed by atoms with Crippen molar-refractivity contribution in [2.75, 3.05) is 0 Å². The van der Waals surface area contributed by atoms with Gasteiger partial charge in [0.2, 0.25) is 0 Å². The number of halogens is 1. The number of hydrogen-bond donors (Lipinski definition) is 0. The average molecular weight is 186 g/mol. The molecule has 1 saturated carbocycles. The molecule has 1 aliphatic carbocycles. The van der Waals surface area contributed by atoms with Crippen LogP contribution in [-0.4, -0.2) is 14.8 Å². The third kappa shape index (κ3) is 1.46. The third-order valence-corrected chi connectivity index (χ3v) is 2.71. The van der Waals surface area contributed by atoms with Crippen LogP contribution in [0.15, 0.2) is 6.33 Å². The van der Waals surface area contributed by atoms with Gasteiger partial charge in [0.25, 0.3) is 0 Å². The topological polar surface area (TPSA) is 30.7 Å². The zero-order valence-electron chi connectivity index (χ0n) is 6.91. The van der Waals surface area contributed by atoms with Crippen LogP contribution in [0.25, 0.3) is 0 Å². The van der Waals surface area contributed by atoms with Gasteiger partial charge in [-0.05, 0) is 18.8 Å². The lowest BCUT2D eigenvalue weighted by molar-refractivity contribution is 0.264. The summed E-state index contributed by atoms with van der Waals surface area (Å²) in [6.07, 6.45) is 5.62. The van der Waals surface area contributed by atoms with Crippen LogP contribution in [0.4, 0.5) is 0 Å². The zero-order chi connectivity index (χ0) is 8.39. The molecule has 1 aromatic heterocycles. The van der Waals surface area contributed by atoms with Crippen molar-refractivity contribution in [3.8, 4) is 0 Å². The molecule has 2 rings (SSSR count). The molecule has 0 bridgehead atoms. The Hall–Kier alpha value is -0.570. The van der Waals surface area contributed by atoms with Crippen molar-refractivity contribution >= 4 is 11.6 Å². The Morgan fingerprint density at radius 1 is 1.58 bits per heavy atom. The van der Waals surface area contributed by atoms with E-state index < -0.39 is 0 Å². The van der Waals surface area contributed by atoms with E-state index in [0.717, 1.165) is 18.3 Å². The largest absolute Gasteiger partial charge is 0.249 e. The molecule has 0 amide bonds. The van der Waals surface area contributed by atoms with Gasteiger partial charge in [-0.3, -0.25) is 0 Å². The number of aromatic nitrogens is 3. The van der Waals surface area contributed by atoms with E-state index in [1.807, 2.05) is 4.68 Å². The lowest BCUT2D eigenvalue weighted by Crippen LogP contribution is -2.20. The van der Waals surface area contributed by atoms with Crippen molar-refractivity contribution in [3.63, 3.8) is 0 Å². The van der Waals surface area contributed by atoms with Crippen molar-refractivity contribution in [1.82, 2.24) is 14.8 Å². The monoisotopic (exact) mass is 185 g/mol. The van der Waals surface area contributed by atoms with E-state index in [1.165, 1.54) is 19.3 Å². The Morgan fingerprint density at radius 3 is 3.00 bits per heavy atom. The van der Waals surface area contributed by atoms with Gasteiger partial charge in [-0.2, -0.15) is 5.10 Å². The van der Waals surface area contributed by atoms with Crippen molar-refractivity contribution in [1.29, 1.82) is 0 Å². The molecule has 0 spiro atoms. The molecule has 1 fully saturated rings. The van der Waals surface area contributed by atoms with Crippen LogP contribution in [0.1, 0.15) is 25.1 Å². The second-order valence-corrected chi connectivity index (χ2v) is 3.56. The van der Waals surface area contributed by atoms with E-state index >= 15 is 0 Å². The molecular weight excluding hydrogens is 174 g/mol. The first-order valence-electron chi connectivity index (χ1n) is 4.33. The van der Waals surface area contributed by atoms with Crippen molar-refractivity contribution < 1.29 is 0 Å². The van der Waals surface area contributed by atoms with Crippen LogP contribution < -0.4 is 0 Å².